The molecule has 9 heteroatoms. The number of aromatic nitrogens is 3. The molecule has 200 valence electrons. The molecule has 0 spiro atoms. The van der Waals surface area contributed by atoms with Gasteiger partial charge in [-0.1, -0.05) is 44.9 Å². The zero-order chi connectivity index (χ0) is 27.1. The number of anilines is 1. The van der Waals surface area contributed by atoms with Crippen LogP contribution in [0.3, 0.4) is 0 Å². The van der Waals surface area contributed by atoms with Crippen LogP contribution in [-0.2, 0) is 0 Å². The van der Waals surface area contributed by atoms with Gasteiger partial charge in [0.2, 0.25) is 0 Å². The molecule has 2 aliphatic heterocycles. The summed E-state index contributed by atoms with van der Waals surface area (Å²) in [6.07, 6.45) is 5.28. The summed E-state index contributed by atoms with van der Waals surface area (Å²) in [6, 6.07) is 4.54. The van der Waals surface area contributed by atoms with Crippen LogP contribution in [-0.4, -0.2) is 77.1 Å². The van der Waals surface area contributed by atoms with Gasteiger partial charge in [0.15, 0.2) is 0 Å². The van der Waals surface area contributed by atoms with E-state index < -0.39 is 0 Å². The standard InChI is InChI=1S/C17H23ClN6O.C6H9N.2C2H6/c1-22-4-2-12(3-5-22)23-6-8-24(9-7-23)14-10-13-15(18)19-11-20-16(13)21-17(14)25;1-6(2)4-3-5-7;2*1-2/h10-12H,2-9H2,1H3,(H,19,20,21,25);1,3-4H2,2H3;2*1-2H3. The molecule has 2 aromatic heterocycles. The molecule has 4 heterocycles. The summed E-state index contributed by atoms with van der Waals surface area (Å²) in [4.78, 5) is 30.5. The Labute approximate surface area is 222 Å². The van der Waals surface area contributed by atoms with Gasteiger partial charge >= 0.3 is 0 Å². The summed E-state index contributed by atoms with van der Waals surface area (Å²) in [5.74, 6) is 0. The fourth-order valence-electron chi connectivity index (χ4n) is 4.17. The zero-order valence-corrected chi connectivity index (χ0v) is 23.7. The minimum absolute atomic E-state index is 0.116. The second-order valence-corrected chi connectivity index (χ2v) is 8.94. The van der Waals surface area contributed by atoms with Crippen LogP contribution in [0.5, 0.6) is 0 Å². The van der Waals surface area contributed by atoms with Crippen molar-refractivity contribution in [2.24, 2.45) is 0 Å². The molecule has 4 rings (SSSR count). The molecule has 0 radical (unpaired) electrons. The number of rotatable bonds is 4. The number of nitriles is 1. The van der Waals surface area contributed by atoms with E-state index in [9.17, 15) is 4.79 Å². The van der Waals surface area contributed by atoms with E-state index in [1.54, 1.807) is 0 Å². The highest BCUT2D eigenvalue weighted by molar-refractivity contribution is 6.33. The number of halogens is 1. The van der Waals surface area contributed by atoms with Crippen LogP contribution in [0.2, 0.25) is 5.15 Å². The molecule has 0 unspecified atom stereocenters. The Balaban J connectivity index is 0.000000506. The summed E-state index contributed by atoms with van der Waals surface area (Å²) in [5, 5.41) is 9.08. The largest absolute Gasteiger partial charge is 0.364 e. The highest BCUT2D eigenvalue weighted by Crippen LogP contribution is 2.23. The van der Waals surface area contributed by atoms with Crippen LogP contribution >= 0.6 is 11.6 Å². The molecule has 36 heavy (non-hydrogen) atoms. The first-order valence-electron chi connectivity index (χ1n) is 13.1. The van der Waals surface area contributed by atoms with Crippen molar-refractivity contribution in [1.29, 1.82) is 5.26 Å². The average molecular weight is 518 g/mol. The van der Waals surface area contributed by atoms with Crippen LogP contribution in [0, 0.1) is 11.3 Å². The van der Waals surface area contributed by atoms with E-state index in [1.807, 2.05) is 46.8 Å². The van der Waals surface area contributed by atoms with Gasteiger partial charge in [-0.25, -0.2) is 9.97 Å². The third-order valence-corrected chi connectivity index (χ3v) is 6.41. The number of nitrogens with one attached hydrogen (secondary N) is 1. The molecule has 0 saturated carbocycles. The molecular weight excluding hydrogens is 474 g/mol. The van der Waals surface area contributed by atoms with Crippen molar-refractivity contribution in [1.82, 2.24) is 24.8 Å². The number of nitrogens with zero attached hydrogens (tertiary/aromatic N) is 6. The lowest BCUT2D eigenvalue weighted by Crippen LogP contribution is -2.53. The van der Waals surface area contributed by atoms with Gasteiger partial charge < -0.3 is 14.8 Å². The van der Waals surface area contributed by atoms with E-state index in [4.69, 9.17) is 16.9 Å². The summed E-state index contributed by atoms with van der Waals surface area (Å²) in [6.45, 7) is 19.6. The predicted molar refractivity (Wildman–Crippen MR) is 152 cm³/mol. The molecule has 2 fully saturated rings. The van der Waals surface area contributed by atoms with Crippen molar-refractivity contribution in [3.8, 4) is 6.07 Å². The third kappa shape index (κ3) is 9.53. The lowest BCUT2D eigenvalue weighted by atomic mass is 10.0. The second kappa shape index (κ2) is 17.1. The Bertz CT molecular complexity index is 1020. The van der Waals surface area contributed by atoms with E-state index in [1.165, 1.54) is 32.3 Å². The summed E-state index contributed by atoms with van der Waals surface area (Å²) < 4.78 is 0. The molecule has 2 aliphatic rings. The lowest BCUT2D eigenvalue weighted by molar-refractivity contribution is 0.115. The van der Waals surface area contributed by atoms with Crippen molar-refractivity contribution in [2.75, 3.05) is 51.2 Å². The molecule has 0 amide bonds. The van der Waals surface area contributed by atoms with Gasteiger partial charge in [-0.15, -0.1) is 6.58 Å². The number of aromatic amines is 1. The average Bonchev–Trinajstić information content (AvgIpc) is 2.91. The van der Waals surface area contributed by atoms with Crippen molar-refractivity contribution >= 4 is 28.3 Å². The van der Waals surface area contributed by atoms with Crippen LogP contribution in [0.4, 0.5) is 5.69 Å². The fraction of sp³-hybridized carbons (Fsp3) is 0.630. The summed E-state index contributed by atoms with van der Waals surface area (Å²) in [7, 11) is 2.19. The Hall–Kier alpha value is -2.47. The topological polar surface area (TPSA) is 92.2 Å². The molecule has 8 nitrogen and oxygen atoms in total. The Morgan fingerprint density at radius 3 is 2.28 bits per heavy atom. The maximum absolute atomic E-state index is 12.4. The number of allylic oxidation sites excluding steroid dienone is 1. The maximum Gasteiger partial charge on any atom is 0.273 e. The molecule has 1 N–H and O–H groups in total. The van der Waals surface area contributed by atoms with E-state index in [2.05, 4.69) is 43.3 Å². The molecular formula is C27H44ClN7O. The number of hydrogen-bond donors (Lipinski definition) is 1. The van der Waals surface area contributed by atoms with E-state index in [-0.39, 0.29) is 5.56 Å². The highest BCUT2D eigenvalue weighted by Gasteiger charge is 2.27. The van der Waals surface area contributed by atoms with Gasteiger partial charge in [-0.05, 0) is 52.4 Å². The van der Waals surface area contributed by atoms with Gasteiger partial charge in [-0.3, -0.25) is 9.69 Å². The molecule has 0 bridgehead atoms. The Kier molecular flexibility index (Phi) is 15.0. The molecule has 0 aromatic carbocycles. The summed E-state index contributed by atoms with van der Waals surface area (Å²) in [5.41, 5.74) is 2.11. The van der Waals surface area contributed by atoms with Crippen molar-refractivity contribution in [3.05, 3.63) is 40.1 Å². The molecule has 0 aliphatic carbocycles. The highest BCUT2D eigenvalue weighted by atomic mass is 35.5. The quantitative estimate of drug-likeness (QED) is 0.445. The monoisotopic (exact) mass is 517 g/mol. The Morgan fingerprint density at radius 2 is 1.75 bits per heavy atom. The molecule has 2 aromatic rings. The van der Waals surface area contributed by atoms with Gasteiger partial charge in [0.25, 0.3) is 5.56 Å². The van der Waals surface area contributed by atoms with Crippen LogP contribution < -0.4 is 10.5 Å². The first-order chi connectivity index (χ1) is 17.4. The van der Waals surface area contributed by atoms with Gasteiger partial charge in [0.1, 0.15) is 22.8 Å². The van der Waals surface area contributed by atoms with Crippen LogP contribution in [0.1, 0.15) is 60.3 Å². The number of fused-ring (bicyclic) bond motifs is 1. The third-order valence-electron chi connectivity index (χ3n) is 6.10. The van der Waals surface area contributed by atoms with Gasteiger partial charge in [0, 0.05) is 38.6 Å². The van der Waals surface area contributed by atoms with Crippen molar-refractivity contribution in [2.45, 2.75) is 66.3 Å². The number of hydrogen-bond acceptors (Lipinski definition) is 7. The minimum Gasteiger partial charge on any atom is -0.364 e. The first-order valence-corrected chi connectivity index (χ1v) is 13.5. The van der Waals surface area contributed by atoms with E-state index in [0.717, 1.165) is 38.2 Å². The van der Waals surface area contributed by atoms with E-state index >= 15 is 0 Å². The fourth-order valence-corrected chi connectivity index (χ4v) is 4.36. The summed E-state index contributed by atoms with van der Waals surface area (Å²) >= 11 is 6.15. The number of H-pyrrole nitrogens is 1. The normalized spacial score (nSPS) is 16.4. The predicted octanol–water partition coefficient (Wildman–Crippen LogP) is 5.11. The van der Waals surface area contributed by atoms with Crippen LogP contribution in [0.25, 0.3) is 11.0 Å². The number of piperidine rings is 1. The van der Waals surface area contributed by atoms with Gasteiger partial charge in [-0.2, -0.15) is 5.26 Å². The smallest absolute Gasteiger partial charge is 0.273 e. The Morgan fingerprint density at radius 1 is 1.14 bits per heavy atom. The zero-order valence-electron chi connectivity index (χ0n) is 23.0. The van der Waals surface area contributed by atoms with Crippen molar-refractivity contribution in [3.63, 3.8) is 0 Å². The van der Waals surface area contributed by atoms with E-state index in [0.29, 0.717) is 34.3 Å². The SMILES string of the molecule is C=C(C)CCC#N.CC.CC.CN1CCC(N2CCN(c3cc4c(Cl)ncnc4[nH]c3=O)CC2)CC1. The second-order valence-electron chi connectivity index (χ2n) is 8.58. The van der Waals surface area contributed by atoms with Crippen molar-refractivity contribution < 1.29 is 0 Å². The lowest BCUT2D eigenvalue weighted by Gasteiger charge is -2.42. The number of likely N-dealkylation sites (tertiary alicyclic amines) is 1. The molecule has 2 saturated heterocycles. The van der Waals surface area contributed by atoms with Crippen LogP contribution in [0.15, 0.2) is 29.3 Å². The molecule has 0 atom stereocenters. The van der Waals surface area contributed by atoms with Gasteiger partial charge in [0.05, 0.1) is 11.5 Å². The number of pyridine rings is 1. The number of piperazine rings is 1. The maximum atomic E-state index is 12.4. The minimum atomic E-state index is -0.116. The first kappa shape index (κ1) is 31.6.